The summed E-state index contributed by atoms with van der Waals surface area (Å²) in [5.74, 6) is -0.457. The Bertz CT molecular complexity index is 1030. The maximum atomic E-state index is 13.8. The Morgan fingerprint density at radius 3 is 1.97 bits per heavy atom. The molecule has 0 aliphatic heterocycles. The van der Waals surface area contributed by atoms with Crippen LogP contribution in [0.2, 0.25) is 0 Å². The number of sulfonamides is 1. The number of halogens is 3. The van der Waals surface area contributed by atoms with Crippen molar-refractivity contribution in [2.75, 3.05) is 5.75 Å². The average Bonchev–Trinajstić information content (AvgIpc) is 2.56. The smallest absolute Gasteiger partial charge is 0.207 e. The van der Waals surface area contributed by atoms with Crippen molar-refractivity contribution in [3.8, 4) is 0 Å². The molecule has 0 heterocycles. The summed E-state index contributed by atoms with van der Waals surface area (Å²) in [6.07, 6.45) is -4.72. The van der Waals surface area contributed by atoms with Gasteiger partial charge in [0.25, 0.3) is 0 Å². The minimum atomic E-state index is -4.72. The lowest BCUT2D eigenvalue weighted by Crippen LogP contribution is -2.47. The lowest BCUT2D eigenvalue weighted by Gasteiger charge is -2.24. The molecule has 0 saturated carbocycles. The van der Waals surface area contributed by atoms with Crippen LogP contribution in [-0.4, -0.2) is 26.4 Å². The van der Waals surface area contributed by atoms with Gasteiger partial charge in [-0.3, -0.25) is 0 Å². The quantitative estimate of drug-likeness (QED) is 0.507. The fraction of sp³-hybridized carbons (Fsp3) is 0.478. The predicted octanol–water partition coefficient (Wildman–Crippen LogP) is 6.22. The van der Waals surface area contributed by atoms with Crippen LogP contribution in [0.4, 0.5) is 13.2 Å². The summed E-state index contributed by atoms with van der Waals surface area (Å²) < 4.78 is 69.0. The molecule has 0 aromatic heterocycles. The van der Waals surface area contributed by atoms with E-state index in [4.69, 9.17) is 0 Å². The Morgan fingerprint density at radius 2 is 1.48 bits per heavy atom. The number of alkyl halides is 3. The van der Waals surface area contributed by atoms with Crippen LogP contribution in [0, 0.1) is 27.7 Å². The molecule has 0 spiro atoms. The summed E-state index contributed by atoms with van der Waals surface area (Å²) in [7, 11) is -4.35. The fourth-order valence-corrected chi connectivity index (χ4v) is 6.33. The Labute approximate surface area is 187 Å². The number of hydrogen-bond donors (Lipinski definition) is 1. The topological polar surface area (TPSA) is 46.2 Å². The highest BCUT2D eigenvalue weighted by Crippen LogP contribution is 2.33. The van der Waals surface area contributed by atoms with Gasteiger partial charge in [-0.25, -0.2) is 8.42 Å². The highest BCUT2D eigenvalue weighted by molar-refractivity contribution is 7.99. The molecule has 1 unspecified atom stereocenters. The molecule has 0 aliphatic carbocycles. The third-order valence-electron chi connectivity index (χ3n) is 5.03. The zero-order valence-electron chi connectivity index (χ0n) is 18.9. The van der Waals surface area contributed by atoms with Crippen LogP contribution < -0.4 is 4.72 Å². The average molecular weight is 474 g/mol. The highest BCUT2D eigenvalue weighted by atomic mass is 32.2. The number of aryl methyl sites for hydroxylation is 4. The monoisotopic (exact) mass is 473 g/mol. The molecule has 2 aromatic rings. The number of nitrogens with one attached hydrogen (secondary N) is 1. The van der Waals surface area contributed by atoms with E-state index in [9.17, 15) is 21.6 Å². The SMILES string of the molecule is Cc1cc(C)c(S(=O)(=O)NC(CSc2cc(C(C)(C)C)ccc2C)C(F)(F)F)c(C)c1. The van der Waals surface area contributed by atoms with Gasteiger partial charge < -0.3 is 0 Å². The normalized spacial score (nSPS) is 14.0. The molecule has 3 nitrogen and oxygen atoms in total. The molecule has 0 saturated heterocycles. The van der Waals surface area contributed by atoms with E-state index in [1.165, 1.54) is 0 Å². The first-order chi connectivity index (χ1) is 14.0. The molecule has 0 aliphatic rings. The zero-order valence-corrected chi connectivity index (χ0v) is 20.6. The van der Waals surface area contributed by atoms with Gasteiger partial charge >= 0.3 is 6.18 Å². The molecule has 31 heavy (non-hydrogen) atoms. The first kappa shape index (κ1) is 25.7. The number of thioether (sulfide) groups is 1. The number of rotatable bonds is 6. The molecule has 0 bridgehead atoms. The van der Waals surface area contributed by atoms with Crippen LogP contribution in [0.1, 0.15) is 48.6 Å². The Hall–Kier alpha value is -1.51. The van der Waals surface area contributed by atoms with Crippen molar-refractivity contribution in [3.63, 3.8) is 0 Å². The van der Waals surface area contributed by atoms with E-state index in [0.29, 0.717) is 16.0 Å². The summed E-state index contributed by atoms with van der Waals surface area (Å²) in [5.41, 5.74) is 3.42. The standard InChI is InChI=1S/C23H30F3NO2S2/c1-14-10-16(3)21(17(4)11-14)31(28,29)27-20(23(24,25)26)13-30-19-12-18(22(5,6)7)9-8-15(19)2/h8-12,20,27H,13H2,1-7H3. The molecule has 1 atom stereocenters. The molecular weight excluding hydrogens is 443 g/mol. The second-order valence-corrected chi connectivity index (χ2v) is 11.7. The molecule has 2 rings (SSSR count). The van der Waals surface area contributed by atoms with Gasteiger partial charge in [0.15, 0.2) is 0 Å². The van der Waals surface area contributed by atoms with E-state index in [1.807, 2.05) is 57.5 Å². The molecule has 172 valence electrons. The maximum absolute atomic E-state index is 13.8. The number of hydrogen-bond acceptors (Lipinski definition) is 3. The minimum Gasteiger partial charge on any atom is -0.207 e. The van der Waals surface area contributed by atoms with Crippen molar-refractivity contribution in [2.45, 2.75) is 75.9 Å². The first-order valence-electron chi connectivity index (χ1n) is 9.93. The Morgan fingerprint density at radius 1 is 0.935 bits per heavy atom. The second-order valence-electron chi connectivity index (χ2n) is 8.98. The summed E-state index contributed by atoms with van der Waals surface area (Å²) in [6, 6.07) is 6.83. The van der Waals surface area contributed by atoms with Crippen LogP contribution >= 0.6 is 11.8 Å². The van der Waals surface area contributed by atoms with Crippen LogP contribution in [0.15, 0.2) is 40.1 Å². The number of benzene rings is 2. The molecule has 8 heteroatoms. The van der Waals surface area contributed by atoms with Crippen molar-refractivity contribution in [3.05, 3.63) is 58.1 Å². The lowest BCUT2D eigenvalue weighted by atomic mass is 9.87. The Balaban J connectivity index is 2.33. The van der Waals surface area contributed by atoms with Crippen LogP contribution in [0.25, 0.3) is 0 Å². The summed E-state index contributed by atoms with van der Waals surface area (Å²) in [5, 5.41) is 0. The largest absolute Gasteiger partial charge is 0.405 e. The van der Waals surface area contributed by atoms with Crippen LogP contribution in [0.5, 0.6) is 0 Å². The predicted molar refractivity (Wildman–Crippen MR) is 121 cm³/mol. The lowest BCUT2D eigenvalue weighted by molar-refractivity contribution is -0.145. The van der Waals surface area contributed by atoms with E-state index in [1.54, 1.807) is 26.0 Å². The van der Waals surface area contributed by atoms with Gasteiger partial charge in [0, 0.05) is 10.6 Å². The molecule has 0 amide bonds. The van der Waals surface area contributed by atoms with Crippen molar-refractivity contribution >= 4 is 21.8 Å². The molecule has 2 aromatic carbocycles. The maximum Gasteiger partial charge on any atom is 0.405 e. The van der Waals surface area contributed by atoms with Gasteiger partial charge in [-0.15, -0.1) is 11.8 Å². The molecular formula is C23H30F3NO2S2. The van der Waals surface area contributed by atoms with Crippen molar-refractivity contribution < 1.29 is 21.6 Å². The van der Waals surface area contributed by atoms with E-state index < -0.39 is 28.0 Å². The van der Waals surface area contributed by atoms with Crippen molar-refractivity contribution in [1.82, 2.24) is 4.72 Å². The van der Waals surface area contributed by atoms with E-state index in [2.05, 4.69) is 0 Å². The van der Waals surface area contributed by atoms with Gasteiger partial charge in [-0.2, -0.15) is 17.9 Å². The highest BCUT2D eigenvalue weighted by Gasteiger charge is 2.42. The van der Waals surface area contributed by atoms with Crippen LogP contribution in [0.3, 0.4) is 0 Å². The molecule has 1 N–H and O–H groups in total. The van der Waals surface area contributed by atoms with Gasteiger partial charge in [0.2, 0.25) is 10.0 Å². The van der Waals surface area contributed by atoms with E-state index >= 15 is 0 Å². The molecule has 0 radical (unpaired) electrons. The fourth-order valence-electron chi connectivity index (χ4n) is 3.43. The third kappa shape index (κ3) is 6.49. The van der Waals surface area contributed by atoms with E-state index in [0.717, 1.165) is 28.5 Å². The van der Waals surface area contributed by atoms with Crippen LogP contribution in [-0.2, 0) is 15.4 Å². The third-order valence-corrected chi connectivity index (χ3v) is 8.05. The van der Waals surface area contributed by atoms with Crippen molar-refractivity contribution in [2.24, 2.45) is 0 Å². The first-order valence-corrected chi connectivity index (χ1v) is 12.4. The summed E-state index contributed by atoms with van der Waals surface area (Å²) >= 11 is 1.01. The minimum absolute atomic E-state index is 0.0942. The van der Waals surface area contributed by atoms with Crippen molar-refractivity contribution in [1.29, 1.82) is 0 Å². The van der Waals surface area contributed by atoms with Gasteiger partial charge in [-0.05, 0) is 61.4 Å². The summed E-state index contributed by atoms with van der Waals surface area (Å²) in [4.78, 5) is 0.617. The zero-order chi connectivity index (χ0) is 23.8. The molecule has 0 fully saturated rings. The Kier molecular flexibility index (Phi) is 7.61. The van der Waals surface area contributed by atoms with Gasteiger partial charge in [0.05, 0.1) is 4.90 Å². The summed E-state index contributed by atoms with van der Waals surface area (Å²) in [6.45, 7) is 12.9. The van der Waals surface area contributed by atoms with Gasteiger partial charge in [0.1, 0.15) is 6.04 Å². The second kappa shape index (κ2) is 9.16. The van der Waals surface area contributed by atoms with Gasteiger partial charge in [-0.1, -0.05) is 50.6 Å². The van der Waals surface area contributed by atoms with E-state index in [-0.39, 0.29) is 10.3 Å².